The molecule has 0 aliphatic carbocycles. The van der Waals surface area contributed by atoms with Crippen molar-refractivity contribution in [2.75, 3.05) is 0 Å². The molecule has 1 heterocycles. The molecule has 0 amide bonds. The average molecular weight is 218 g/mol. The quantitative estimate of drug-likeness (QED) is 0.755. The fraction of sp³-hybridized carbons (Fsp3) is 0.0909. The van der Waals surface area contributed by atoms with Gasteiger partial charge < -0.3 is 10.0 Å². The van der Waals surface area contributed by atoms with E-state index in [9.17, 15) is 0 Å². The van der Waals surface area contributed by atoms with Crippen LogP contribution >= 0.6 is 11.3 Å². The molecule has 2 N–H and O–H groups in total. The van der Waals surface area contributed by atoms with Crippen LogP contribution in [0.5, 0.6) is 0 Å². The lowest BCUT2D eigenvalue weighted by molar-refractivity contribution is 0.427. The molecule has 0 unspecified atom stereocenters. The zero-order chi connectivity index (χ0) is 10.7. The Morgan fingerprint density at radius 3 is 2.33 bits per heavy atom. The van der Waals surface area contributed by atoms with Crippen LogP contribution in [0.3, 0.4) is 0 Å². The van der Waals surface area contributed by atoms with Crippen LogP contribution in [-0.2, 0) is 6.42 Å². The molecule has 2 aromatic rings. The largest absolute Gasteiger partial charge is 0.499 e. The van der Waals surface area contributed by atoms with Crippen LogP contribution in [-0.4, -0.2) is 17.2 Å². The lowest BCUT2D eigenvalue weighted by Crippen LogP contribution is -2.26. The monoisotopic (exact) mass is 218 g/mol. The first kappa shape index (κ1) is 10.4. The number of hydrogen-bond acceptors (Lipinski definition) is 3. The maximum Gasteiger partial charge on any atom is 0.499 e. The minimum Gasteiger partial charge on any atom is -0.423 e. The molecule has 0 saturated heterocycles. The Kier molecular flexibility index (Phi) is 3.21. The maximum atomic E-state index is 8.97. The average Bonchev–Trinajstić information content (AvgIpc) is 2.68. The highest BCUT2D eigenvalue weighted by molar-refractivity contribution is 7.22. The van der Waals surface area contributed by atoms with E-state index >= 15 is 0 Å². The SMILES string of the molecule is OB(O)c1ccc(Cc2ccccc2)s1. The molecule has 0 aliphatic heterocycles. The minimum atomic E-state index is -1.35. The van der Waals surface area contributed by atoms with Gasteiger partial charge in [-0.3, -0.25) is 0 Å². The second-order valence-electron chi connectivity index (χ2n) is 3.34. The fourth-order valence-corrected chi connectivity index (χ4v) is 2.34. The third-order valence-electron chi connectivity index (χ3n) is 2.16. The summed E-state index contributed by atoms with van der Waals surface area (Å²) in [4.78, 5) is 1.14. The third-order valence-corrected chi connectivity index (χ3v) is 3.28. The zero-order valence-corrected chi connectivity index (χ0v) is 8.95. The van der Waals surface area contributed by atoms with E-state index in [4.69, 9.17) is 10.0 Å². The molecule has 2 nitrogen and oxygen atoms in total. The van der Waals surface area contributed by atoms with E-state index in [-0.39, 0.29) is 0 Å². The predicted molar refractivity (Wildman–Crippen MR) is 63.4 cm³/mol. The van der Waals surface area contributed by atoms with Crippen molar-refractivity contribution in [3.8, 4) is 0 Å². The van der Waals surface area contributed by atoms with Crippen LogP contribution in [0.1, 0.15) is 10.4 Å². The molecule has 15 heavy (non-hydrogen) atoms. The zero-order valence-electron chi connectivity index (χ0n) is 8.13. The highest BCUT2D eigenvalue weighted by Gasteiger charge is 2.13. The van der Waals surface area contributed by atoms with Gasteiger partial charge in [-0.05, 0) is 11.6 Å². The van der Waals surface area contributed by atoms with Gasteiger partial charge in [0, 0.05) is 16.1 Å². The van der Waals surface area contributed by atoms with E-state index in [0.29, 0.717) is 4.78 Å². The molecule has 1 aromatic heterocycles. The minimum absolute atomic E-state index is 0.598. The topological polar surface area (TPSA) is 40.5 Å². The van der Waals surface area contributed by atoms with E-state index in [1.807, 2.05) is 24.3 Å². The van der Waals surface area contributed by atoms with Gasteiger partial charge in [-0.2, -0.15) is 0 Å². The number of rotatable bonds is 3. The molecule has 0 spiro atoms. The summed E-state index contributed by atoms with van der Waals surface area (Å²) in [6, 6.07) is 13.8. The Bertz CT molecular complexity index is 425. The van der Waals surface area contributed by atoms with Crippen LogP contribution in [0.15, 0.2) is 42.5 Å². The first-order valence-electron chi connectivity index (χ1n) is 4.74. The first-order valence-corrected chi connectivity index (χ1v) is 5.56. The summed E-state index contributed by atoms with van der Waals surface area (Å²) >= 11 is 1.44. The van der Waals surface area contributed by atoms with Gasteiger partial charge in [0.1, 0.15) is 0 Å². The molecule has 2 rings (SSSR count). The van der Waals surface area contributed by atoms with Gasteiger partial charge in [0.05, 0.1) is 0 Å². The normalized spacial score (nSPS) is 10.3. The second kappa shape index (κ2) is 4.62. The highest BCUT2D eigenvalue weighted by Crippen LogP contribution is 2.13. The van der Waals surface area contributed by atoms with Gasteiger partial charge in [0.15, 0.2) is 0 Å². The Labute approximate surface area is 93.0 Å². The lowest BCUT2D eigenvalue weighted by Gasteiger charge is -1.97. The van der Waals surface area contributed by atoms with Crippen molar-refractivity contribution in [2.45, 2.75) is 6.42 Å². The summed E-state index contributed by atoms with van der Waals surface area (Å²) in [5, 5.41) is 17.9. The van der Waals surface area contributed by atoms with Crippen LogP contribution in [0.25, 0.3) is 0 Å². The van der Waals surface area contributed by atoms with E-state index < -0.39 is 7.12 Å². The standard InChI is InChI=1S/C11H11BO2S/c13-12(14)11-7-6-10(15-11)8-9-4-2-1-3-5-9/h1-7,13-14H,8H2. The van der Waals surface area contributed by atoms with Crippen LogP contribution in [0.4, 0.5) is 0 Å². The van der Waals surface area contributed by atoms with Crippen molar-refractivity contribution >= 4 is 23.2 Å². The molecular weight excluding hydrogens is 207 g/mol. The van der Waals surface area contributed by atoms with Crippen LogP contribution in [0.2, 0.25) is 0 Å². The molecule has 0 bridgehead atoms. The Balaban J connectivity index is 2.12. The molecule has 1 aromatic carbocycles. The molecule has 76 valence electrons. The fourth-order valence-electron chi connectivity index (χ4n) is 1.43. The van der Waals surface area contributed by atoms with Gasteiger partial charge in [-0.25, -0.2) is 0 Å². The van der Waals surface area contributed by atoms with Gasteiger partial charge in [0.2, 0.25) is 0 Å². The van der Waals surface area contributed by atoms with Crippen molar-refractivity contribution in [1.29, 1.82) is 0 Å². The summed E-state index contributed by atoms with van der Waals surface area (Å²) in [5.74, 6) is 0. The molecule has 0 saturated carbocycles. The Hall–Kier alpha value is -1.10. The predicted octanol–water partition coefficient (Wildman–Crippen LogP) is 1.02. The Morgan fingerprint density at radius 1 is 1.00 bits per heavy atom. The van der Waals surface area contributed by atoms with Crippen LogP contribution < -0.4 is 4.78 Å². The second-order valence-corrected chi connectivity index (χ2v) is 4.54. The molecule has 0 aliphatic rings. The van der Waals surface area contributed by atoms with Crippen molar-refractivity contribution in [2.24, 2.45) is 0 Å². The maximum absolute atomic E-state index is 8.97. The van der Waals surface area contributed by atoms with Crippen molar-refractivity contribution in [3.63, 3.8) is 0 Å². The summed E-state index contributed by atoms with van der Waals surface area (Å²) in [6.45, 7) is 0. The third kappa shape index (κ3) is 2.69. The molecule has 0 radical (unpaired) electrons. The summed E-state index contributed by atoms with van der Waals surface area (Å²) in [5.41, 5.74) is 1.23. The first-order chi connectivity index (χ1) is 7.25. The lowest BCUT2D eigenvalue weighted by atomic mass is 9.90. The molecule has 4 heteroatoms. The molecule has 0 atom stereocenters. The van der Waals surface area contributed by atoms with Crippen molar-refractivity contribution < 1.29 is 10.0 Å². The van der Waals surface area contributed by atoms with E-state index in [2.05, 4.69) is 12.1 Å². The smallest absolute Gasteiger partial charge is 0.423 e. The van der Waals surface area contributed by atoms with E-state index in [1.165, 1.54) is 16.9 Å². The summed E-state index contributed by atoms with van der Waals surface area (Å²) in [7, 11) is -1.35. The number of hydrogen-bond donors (Lipinski definition) is 2. The van der Waals surface area contributed by atoms with Gasteiger partial charge in [-0.1, -0.05) is 36.4 Å². The van der Waals surface area contributed by atoms with E-state index in [1.54, 1.807) is 6.07 Å². The molecular formula is C11H11BO2S. The number of thiophene rings is 1. The molecule has 0 fully saturated rings. The summed E-state index contributed by atoms with van der Waals surface area (Å²) < 4.78 is 0.598. The highest BCUT2D eigenvalue weighted by atomic mass is 32.1. The van der Waals surface area contributed by atoms with Gasteiger partial charge in [-0.15, -0.1) is 11.3 Å². The van der Waals surface area contributed by atoms with Gasteiger partial charge >= 0.3 is 7.12 Å². The Morgan fingerprint density at radius 2 is 1.73 bits per heavy atom. The van der Waals surface area contributed by atoms with Crippen molar-refractivity contribution in [1.82, 2.24) is 0 Å². The summed E-state index contributed by atoms with van der Waals surface area (Å²) in [6.07, 6.45) is 0.845. The van der Waals surface area contributed by atoms with Crippen LogP contribution in [0, 0.1) is 0 Å². The van der Waals surface area contributed by atoms with Gasteiger partial charge in [0.25, 0.3) is 0 Å². The van der Waals surface area contributed by atoms with E-state index in [0.717, 1.165) is 11.3 Å². The number of benzene rings is 1. The van der Waals surface area contributed by atoms with Crippen molar-refractivity contribution in [3.05, 3.63) is 52.9 Å².